The molecule has 0 radical (unpaired) electrons. The summed E-state index contributed by atoms with van der Waals surface area (Å²) in [5.41, 5.74) is 7.43. The minimum Gasteiger partial charge on any atom is -0.399 e. The lowest BCUT2D eigenvalue weighted by Crippen LogP contribution is -2.46. The lowest BCUT2D eigenvalue weighted by Gasteiger charge is -2.38. The first-order chi connectivity index (χ1) is 8.58. The van der Waals surface area contributed by atoms with Gasteiger partial charge in [0.1, 0.15) is 0 Å². The van der Waals surface area contributed by atoms with Gasteiger partial charge in [0.05, 0.1) is 6.42 Å². The van der Waals surface area contributed by atoms with Crippen molar-refractivity contribution in [3.8, 4) is 0 Å². The van der Waals surface area contributed by atoms with Gasteiger partial charge >= 0.3 is 0 Å². The number of nitrogens with zero attached hydrogens (tertiary/aromatic N) is 1. The van der Waals surface area contributed by atoms with Crippen molar-refractivity contribution < 1.29 is 4.79 Å². The number of anilines is 1. The average Bonchev–Trinajstić information content (AvgIpc) is 2.35. The van der Waals surface area contributed by atoms with E-state index in [1.165, 1.54) is 6.42 Å². The van der Waals surface area contributed by atoms with Crippen molar-refractivity contribution in [2.75, 3.05) is 12.3 Å². The van der Waals surface area contributed by atoms with Gasteiger partial charge in [-0.2, -0.15) is 0 Å². The molecule has 0 saturated carbocycles. The van der Waals surface area contributed by atoms with Crippen molar-refractivity contribution in [2.24, 2.45) is 5.92 Å². The van der Waals surface area contributed by atoms with Gasteiger partial charge in [-0.15, -0.1) is 0 Å². The van der Waals surface area contributed by atoms with E-state index in [0.29, 0.717) is 18.4 Å². The molecule has 2 rings (SSSR count). The molecule has 3 heteroatoms. The van der Waals surface area contributed by atoms with Gasteiger partial charge in [0.25, 0.3) is 0 Å². The summed E-state index contributed by atoms with van der Waals surface area (Å²) in [5.74, 6) is 0.841. The van der Waals surface area contributed by atoms with Crippen molar-refractivity contribution in [1.29, 1.82) is 0 Å². The average molecular weight is 246 g/mol. The van der Waals surface area contributed by atoms with Gasteiger partial charge in [-0.25, -0.2) is 0 Å². The lowest BCUT2D eigenvalue weighted by atomic mass is 9.91. The number of likely N-dealkylation sites (tertiary alicyclic amines) is 1. The Bertz CT molecular complexity index is 413. The Hall–Kier alpha value is -1.51. The van der Waals surface area contributed by atoms with Crippen LogP contribution in [0.15, 0.2) is 24.3 Å². The summed E-state index contributed by atoms with van der Waals surface area (Å²) in [6.07, 6.45) is 2.84. The van der Waals surface area contributed by atoms with Crippen LogP contribution in [0.25, 0.3) is 0 Å². The number of hydrogen-bond donors (Lipinski definition) is 1. The molecule has 1 amide bonds. The first-order valence-corrected chi connectivity index (χ1v) is 6.72. The monoisotopic (exact) mass is 246 g/mol. The molecule has 2 unspecified atom stereocenters. The van der Waals surface area contributed by atoms with Gasteiger partial charge in [-0.05, 0) is 43.4 Å². The Morgan fingerprint density at radius 1 is 1.33 bits per heavy atom. The molecule has 0 aliphatic carbocycles. The molecule has 0 spiro atoms. The molecule has 2 atom stereocenters. The van der Waals surface area contributed by atoms with Gasteiger partial charge < -0.3 is 10.6 Å². The van der Waals surface area contributed by atoms with E-state index in [1.807, 2.05) is 29.2 Å². The third kappa shape index (κ3) is 2.84. The Morgan fingerprint density at radius 2 is 2.00 bits per heavy atom. The summed E-state index contributed by atoms with van der Waals surface area (Å²) in [5, 5.41) is 0. The Kier molecular flexibility index (Phi) is 3.90. The van der Waals surface area contributed by atoms with Crippen LogP contribution in [-0.2, 0) is 11.2 Å². The molecule has 0 aromatic heterocycles. The van der Waals surface area contributed by atoms with Crippen LogP contribution in [-0.4, -0.2) is 23.4 Å². The number of amides is 1. The molecule has 3 nitrogen and oxygen atoms in total. The van der Waals surface area contributed by atoms with Crippen molar-refractivity contribution >= 4 is 11.6 Å². The van der Waals surface area contributed by atoms with Crippen molar-refractivity contribution in [1.82, 2.24) is 4.90 Å². The van der Waals surface area contributed by atoms with Crippen LogP contribution >= 0.6 is 0 Å². The van der Waals surface area contributed by atoms with Crippen molar-refractivity contribution in [3.63, 3.8) is 0 Å². The molecule has 1 saturated heterocycles. The highest BCUT2D eigenvalue weighted by Crippen LogP contribution is 2.23. The smallest absolute Gasteiger partial charge is 0.227 e. The van der Waals surface area contributed by atoms with Gasteiger partial charge in [0.2, 0.25) is 5.91 Å². The van der Waals surface area contributed by atoms with E-state index in [9.17, 15) is 4.79 Å². The fourth-order valence-electron chi connectivity index (χ4n) is 2.60. The first kappa shape index (κ1) is 12.9. The number of piperidine rings is 1. The van der Waals surface area contributed by atoms with E-state index < -0.39 is 0 Å². The van der Waals surface area contributed by atoms with E-state index in [0.717, 1.165) is 24.2 Å². The van der Waals surface area contributed by atoms with E-state index in [1.54, 1.807) is 0 Å². The van der Waals surface area contributed by atoms with Crippen LogP contribution in [0.2, 0.25) is 0 Å². The van der Waals surface area contributed by atoms with Gasteiger partial charge in [-0.3, -0.25) is 4.79 Å². The van der Waals surface area contributed by atoms with Gasteiger partial charge in [-0.1, -0.05) is 19.1 Å². The van der Waals surface area contributed by atoms with Crippen LogP contribution in [0, 0.1) is 5.92 Å². The molecule has 0 bridgehead atoms. The summed E-state index contributed by atoms with van der Waals surface area (Å²) in [6, 6.07) is 7.94. The second-order valence-electron chi connectivity index (χ2n) is 5.37. The highest BCUT2D eigenvalue weighted by Gasteiger charge is 2.27. The minimum atomic E-state index is 0.235. The third-order valence-corrected chi connectivity index (χ3v) is 4.03. The van der Waals surface area contributed by atoms with Crippen LogP contribution in [0.3, 0.4) is 0 Å². The number of rotatable bonds is 2. The number of hydrogen-bond acceptors (Lipinski definition) is 2. The normalized spacial score (nSPS) is 24.0. The Morgan fingerprint density at radius 3 is 2.67 bits per heavy atom. The second kappa shape index (κ2) is 5.42. The van der Waals surface area contributed by atoms with E-state index >= 15 is 0 Å². The quantitative estimate of drug-likeness (QED) is 0.815. The summed E-state index contributed by atoms with van der Waals surface area (Å²) in [6.45, 7) is 5.29. The highest BCUT2D eigenvalue weighted by atomic mass is 16.2. The Balaban J connectivity index is 2.01. The molecule has 1 aliphatic rings. The molecule has 1 fully saturated rings. The van der Waals surface area contributed by atoms with Crippen molar-refractivity contribution in [2.45, 2.75) is 39.2 Å². The summed E-state index contributed by atoms with van der Waals surface area (Å²) >= 11 is 0. The predicted octanol–water partition coefficient (Wildman–Crippen LogP) is 2.46. The van der Waals surface area contributed by atoms with Crippen LogP contribution in [0.5, 0.6) is 0 Å². The van der Waals surface area contributed by atoms with Crippen LogP contribution in [0.4, 0.5) is 5.69 Å². The number of nitrogens with two attached hydrogens (primary N) is 1. The zero-order valence-corrected chi connectivity index (χ0v) is 11.2. The van der Waals surface area contributed by atoms with E-state index in [4.69, 9.17) is 5.73 Å². The minimum absolute atomic E-state index is 0.235. The summed E-state index contributed by atoms with van der Waals surface area (Å²) in [4.78, 5) is 14.3. The maximum Gasteiger partial charge on any atom is 0.227 e. The molecule has 98 valence electrons. The topological polar surface area (TPSA) is 46.3 Å². The molecule has 1 aromatic rings. The highest BCUT2D eigenvalue weighted by molar-refractivity contribution is 5.79. The fourth-order valence-corrected chi connectivity index (χ4v) is 2.60. The number of benzene rings is 1. The molecule has 18 heavy (non-hydrogen) atoms. The van der Waals surface area contributed by atoms with Gasteiger partial charge in [0.15, 0.2) is 0 Å². The number of carbonyl (C=O) groups excluding carboxylic acids is 1. The van der Waals surface area contributed by atoms with Crippen LogP contribution in [0.1, 0.15) is 32.3 Å². The second-order valence-corrected chi connectivity index (χ2v) is 5.37. The van der Waals surface area contributed by atoms with E-state index in [-0.39, 0.29) is 5.91 Å². The lowest BCUT2D eigenvalue weighted by molar-refractivity contribution is -0.135. The van der Waals surface area contributed by atoms with Crippen molar-refractivity contribution in [3.05, 3.63) is 29.8 Å². The maximum atomic E-state index is 12.3. The molecular weight excluding hydrogens is 224 g/mol. The fraction of sp³-hybridized carbons (Fsp3) is 0.533. The third-order valence-electron chi connectivity index (χ3n) is 4.03. The standard InChI is InChI=1S/C15H22N2O/c1-11-4-3-9-17(12(11)2)15(18)10-13-5-7-14(16)8-6-13/h5-8,11-12H,3-4,9-10,16H2,1-2H3. The summed E-state index contributed by atoms with van der Waals surface area (Å²) < 4.78 is 0. The molecule has 2 N–H and O–H groups in total. The Labute approximate surface area is 109 Å². The van der Waals surface area contributed by atoms with E-state index in [2.05, 4.69) is 13.8 Å². The number of nitrogen functional groups attached to an aromatic ring is 1. The zero-order chi connectivity index (χ0) is 13.1. The summed E-state index contributed by atoms with van der Waals surface area (Å²) in [7, 11) is 0. The molecule has 1 heterocycles. The molecule has 1 aliphatic heterocycles. The largest absolute Gasteiger partial charge is 0.399 e. The molecular formula is C15H22N2O. The predicted molar refractivity (Wildman–Crippen MR) is 74.1 cm³/mol. The first-order valence-electron chi connectivity index (χ1n) is 6.72. The molecule has 1 aromatic carbocycles. The number of carbonyl (C=O) groups is 1. The maximum absolute atomic E-state index is 12.3. The SMILES string of the molecule is CC1CCCN(C(=O)Cc2ccc(N)cc2)C1C. The zero-order valence-electron chi connectivity index (χ0n) is 11.2. The van der Waals surface area contributed by atoms with Gasteiger partial charge in [0, 0.05) is 18.3 Å². The van der Waals surface area contributed by atoms with Crippen LogP contribution < -0.4 is 5.73 Å².